The second-order valence-corrected chi connectivity index (χ2v) is 7.83. The molecule has 0 aliphatic carbocycles. The first kappa shape index (κ1) is 20.7. The van der Waals surface area contributed by atoms with E-state index in [9.17, 15) is 9.59 Å². The lowest BCUT2D eigenvalue weighted by molar-refractivity contribution is -0.114. The monoisotopic (exact) mass is 394 g/mol. The minimum atomic E-state index is -0.117. The number of benzene rings is 2. The van der Waals surface area contributed by atoms with Gasteiger partial charge in [0.1, 0.15) is 0 Å². The Kier molecular flexibility index (Phi) is 6.42. The van der Waals surface area contributed by atoms with Crippen molar-refractivity contribution >= 4 is 29.0 Å². The molecule has 1 aliphatic rings. The Labute approximate surface area is 172 Å². The number of carbonyl (C=O) groups excluding carboxylic acids is 2. The third kappa shape index (κ3) is 5.08. The van der Waals surface area contributed by atoms with Crippen LogP contribution in [-0.2, 0) is 4.79 Å². The largest absolute Gasteiger partial charge is 0.368 e. The molecule has 0 aromatic heterocycles. The lowest BCUT2D eigenvalue weighted by atomic mass is 9.97. The summed E-state index contributed by atoms with van der Waals surface area (Å²) >= 11 is 0. The van der Waals surface area contributed by atoms with Crippen LogP contribution >= 0.6 is 0 Å². The number of carbonyl (C=O) groups is 2. The van der Waals surface area contributed by atoms with E-state index in [-0.39, 0.29) is 11.9 Å². The van der Waals surface area contributed by atoms with E-state index in [2.05, 4.69) is 54.5 Å². The topological polar surface area (TPSA) is 64.7 Å². The molecule has 2 aromatic rings. The summed E-state index contributed by atoms with van der Waals surface area (Å²) in [4.78, 5) is 28.0. The van der Waals surface area contributed by atoms with Gasteiger partial charge in [-0.05, 0) is 48.2 Å². The van der Waals surface area contributed by atoms with Gasteiger partial charge in [-0.15, -0.1) is 0 Å². The van der Waals surface area contributed by atoms with Crippen LogP contribution in [0.25, 0.3) is 0 Å². The summed E-state index contributed by atoms with van der Waals surface area (Å²) in [7, 11) is 0. The van der Waals surface area contributed by atoms with Crippen LogP contribution in [0.5, 0.6) is 0 Å². The highest BCUT2D eigenvalue weighted by Gasteiger charge is 2.24. The zero-order chi connectivity index (χ0) is 21.0. The Bertz CT molecular complexity index is 869. The Morgan fingerprint density at radius 1 is 0.897 bits per heavy atom. The van der Waals surface area contributed by atoms with E-state index in [1.54, 1.807) is 24.3 Å². The summed E-state index contributed by atoms with van der Waals surface area (Å²) < 4.78 is 0. The molecular formula is C23H30N4O2. The van der Waals surface area contributed by atoms with Crippen molar-refractivity contribution in [1.82, 2.24) is 4.90 Å². The van der Waals surface area contributed by atoms with E-state index >= 15 is 0 Å². The number of nitrogens with one attached hydrogen (secondary N) is 2. The van der Waals surface area contributed by atoms with Crippen LogP contribution in [0.4, 0.5) is 21.9 Å². The number of anilines is 3. The lowest BCUT2D eigenvalue weighted by Crippen LogP contribution is -2.50. The van der Waals surface area contributed by atoms with Crippen LogP contribution in [0.15, 0.2) is 42.5 Å². The van der Waals surface area contributed by atoms with Gasteiger partial charge >= 0.3 is 6.03 Å². The molecule has 0 saturated carbocycles. The van der Waals surface area contributed by atoms with Gasteiger partial charge in [0.25, 0.3) is 0 Å². The lowest BCUT2D eigenvalue weighted by Gasteiger charge is -2.38. The van der Waals surface area contributed by atoms with Gasteiger partial charge in [-0.1, -0.05) is 32.0 Å². The fraction of sp³-hybridized carbons (Fsp3) is 0.391. The minimum Gasteiger partial charge on any atom is -0.368 e. The fourth-order valence-electron chi connectivity index (χ4n) is 3.76. The number of amides is 3. The number of hydrogen-bond acceptors (Lipinski definition) is 3. The Balaban J connectivity index is 1.60. The molecule has 0 radical (unpaired) electrons. The van der Waals surface area contributed by atoms with Crippen LogP contribution in [-0.4, -0.2) is 43.0 Å². The van der Waals surface area contributed by atoms with E-state index in [0.29, 0.717) is 30.4 Å². The van der Waals surface area contributed by atoms with Gasteiger partial charge in [-0.3, -0.25) is 4.79 Å². The van der Waals surface area contributed by atoms with Crippen molar-refractivity contribution in [3.8, 4) is 0 Å². The van der Waals surface area contributed by atoms with E-state index in [1.165, 1.54) is 23.7 Å². The summed E-state index contributed by atoms with van der Waals surface area (Å²) in [6.45, 7) is 11.1. The van der Waals surface area contributed by atoms with Crippen LogP contribution in [0, 0.1) is 6.92 Å². The Morgan fingerprint density at radius 3 is 2.03 bits per heavy atom. The zero-order valence-corrected chi connectivity index (χ0v) is 17.7. The smallest absolute Gasteiger partial charge is 0.321 e. The molecule has 0 unspecified atom stereocenters. The average molecular weight is 395 g/mol. The first-order valence-corrected chi connectivity index (χ1v) is 10.1. The first-order chi connectivity index (χ1) is 13.8. The van der Waals surface area contributed by atoms with Gasteiger partial charge in [0.05, 0.1) is 0 Å². The number of nitrogens with zero attached hydrogens (tertiary/aromatic N) is 2. The third-order valence-electron chi connectivity index (χ3n) is 5.23. The van der Waals surface area contributed by atoms with Crippen molar-refractivity contribution < 1.29 is 9.59 Å². The second-order valence-electron chi connectivity index (χ2n) is 7.83. The zero-order valence-electron chi connectivity index (χ0n) is 17.7. The van der Waals surface area contributed by atoms with Crippen LogP contribution in [0.2, 0.25) is 0 Å². The van der Waals surface area contributed by atoms with Crippen molar-refractivity contribution in [3.63, 3.8) is 0 Å². The van der Waals surface area contributed by atoms with Crippen LogP contribution < -0.4 is 15.5 Å². The van der Waals surface area contributed by atoms with Gasteiger partial charge in [-0.25, -0.2) is 4.79 Å². The molecular weight excluding hydrogens is 364 g/mol. The number of urea groups is 1. The molecule has 0 atom stereocenters. The minimum absolute atomic E-state index is 0.0919. The maximum Gasteiger partial charge on any atom is 0.321 e. The van der Waals surface area contributed by atoms with Crippen LogP contribution in [0.1, 0.15) is 37.8 Å². The molecule has 6 heteroatoms. The maximum atomic E-state index is 12.6. The predicted molar refractivity (Wildman–Crippen MR) is 119 cm³/mol. The molecule has 2 N–H and O–H groups in total. The van der Waals surface area contributed by atoms with Gasteiger partial charge in [0, 0.05) is 50.2 Å². The molecule has 0 bridgehead atoms. The van der Waals surface area contributed by atoms with E-state index in [4.69, 9.17) is 0 Å². The number of aryl methyl sites for hydroxylation is 1. The molecule has 0 spiro atoms. The maximum absolute atomic E-state index is 12.6. The quantitative estimate of drug-likeness (QED) is 0.806. The van der Waals surface area contributed by atoms with Crippen LogP contribution in [0.3, 0.4) is 0 Å². The fourth-order valence-corrected chi connectivity index (χ4v) is 3.76. The SMILES string of the molecule is CC(=O)Nc1ccc(NC(=O)N2CCN(c3c(C)cccc3C(C)C)CC2)cc1. The first-order valence-electron chi connectivity index (χ1n) is 10.1. The van der Waals surface area contributed by atoms with Gasteiger partial charge in [0.15, 0.2) is 0 Å². The molecule has 3 amide bonds. The molecule has 1 heterocycles. The highest BCUT2D eigenvalue weighted by atomic mass is 16.2. The number of para-hydroxylation sites is 1. The summed E-state index contributed by atoms with van der Waals surface area (Å²) in [5.41, 5.74) is 5.39. The van der Waals surface area contributed by atoms with Crippen molar-refractivity contribution in [3.05, 3.63) is 53.6 Å². The summed E-state index contributed by atoms with van der Waals surface area (Å²) in [5.74, 6) is 0.348. The average Bonchev–Trinajstić information content (AvgIpc) is 2.69. The molecule has 2 aromatic carbocycles. The normalized spacial score (nSPS) is 14.1. The molecule has 1 fully saturated rings. The third-order valence-corrected chi connectivity index (χ3v) is 5.23. The van der Waals surface area contributed by atoms with Crippen molar-refractivity contribution in [2.45, 2.75) is 33.6 Å². The highest BCUT2D eigenvalue weighted by molar-refractivity contribution is 5.91. The van der Waals surface area contributed by atoms with E-state index < -0.39 is 0 Å². The molecule has 6 nitrogen and oxygen atoms in total. The van der Waals surface area contributed by atoms with Gasteiger partial charge in [-0.2, -0.15) is 0 Å². The van der Waals surface area contributed by atoms with E-state index in [0.717, 1.165) is 13.1 Å². The second kappa shape index (κ2) is 8.99. The summed E-state index contributed by atoms with van der Waals surface area (Å²) in [6.07, 6.45) is 0. The predicted octanol–water partition coefficient (Wildman–Crippen LogP) is 4.43. The highest BCUT2D eigenvalue weighted by Crippen LogP contribution is 2.31. The van der Waals surface area contributed by atoms with Gasteiger partial charge < -0.3 is 20.4 Å². The molecule has 154 valence electrons. The molecule has 3 rings (SSSR count). The van der Waals surface area contributed by atoms with Crippen molar-refractivity contribution in [2.75, 3.05) is 41.7 Å². The van der Waals surface area contributed by atoms with Gasteiger partial charge in [0.2, 0.25) is 5.91 Å². The summed E-state index contributed by atoms with van der Waals surface area (Å²) in [6, 6.07) is 13.5. The number of piperazine rings is 1. The van der Waals surface area contributed by atoms with Crippen molar-refractivity contribution in [1.29, 1.82) is 0 Å². The molecule has 1 aliphatic heterocycles. The van der Waals surface area contributed by atoms with Crippen molar-refractivity contribution in [2.24, 2.45) is 0 Å². The summed E-state index contributed by atoms with van der Waals surface area (Å²) in [5, 5.41) is 5.66. The Hall–Kier alpha value is -3.02. The standard InChI is InChI=1S/C23H30N4O2/c1-16(2)21-7-5-6-17(3)22(21)26-12-14-27(15-13-26)23(29)25-20-10-8-19(9-11-20)24-18(4)28/h5-11,16H,12-15H2,1-4H3,(H,24,28)(H,25,29). The number of rotatable bonds is 4. The number of hydrogen-bond donors (Lipinski definition) is 2. The Morgan fingerprint density at radius 2 is 1.48 bits per heavy atom. The molecule has 1 saturated heterocycles. The molecule has 29 heavy (non-hydrogen) atoms. The van der Waals surface area contributed by atoms with E-state index in [1.807, 2.05) is 4.90 Å².